The predicted molar refractivity (Wildman–Crippen MR) is 107 cm³/mol. The minimum atomic E-state index is -4.83. The Balaban J connectivity index is 1.50. The first kappa shape index (κ1) is 20.1. The van der Waals surface area contributed by atoms with Crippen molar-refractivity contribution in [3.63, 3.8) is 0 Å². The molecule has 0 aliphatic carbocycles. The van der Waals surface area contributed by atoms with Gasteiger partial charge in [0, 0.05) is 34.6 Å². The number of carbonyl (C=O) groups excluding carboxylic acids is 2. The normalized spacial score (nSPS) is 16.6. The Bertz CT molecular complexity index is 1100. The number of carbonyl (C=O) groups is 2. The second-order valence-corrected chi connectivity index (χ2v) is 7.60. The van der Waals surface area contributed by atoms with Crippen LogP contribution in [0.5, 0.6) is 5.75 Å². The fourth-order valence-electron chi connectivity index (χ4n) is 3.26. The van der Waals surface area contributed by atoms with Crippen molar-refractivity contribution in [3.05, 3.63) is 60.3 Å². The Labute approximate surface area is 173 Å². The van der Waals surface area contributed by atoms with Gasteiger partial charge in [-0.3, -0.25) is 9.59 Å². The molecule has 2 aromatic carbocycles. The number of para-hydroxylation sites is 1. The molecule has 1 aromatic heterocycles. The summed E-state index contributed by atoms with van der Waals surface area (Å²) in [6.07, 6.45) is -3.21. The van der Waals surface area contributed by atoms with E-state index in [0.717, 1.165) is 23.0 Å². The predicted octanol–water partition coefficient (Wildman–Crippen LogP) is 4.22. The minimum Gasteiger partial charge on any atom is -0.406 e. The first-order valence-electron chi connectivity index (χ1n) is 8.93. The van der Waals surface area contributed by atoms with Crippen LogP contribution in [-0.2, 0) is 4.79 Å². The number of halogens is 3. The molecule has 1 aliphatic heterocycles. The first-order chi connectivity index (χ1) is 14.3. The van der Waals surface area contributed by atoms with Crippen molar-refractivity contribution >= 4 is 40.2 Å². The smallest absolute Gasteiger partial charge is 0.406 e. The maximum Gasteiger partial charge on any atom is 0.573 e. The molecule has 1 fully saturated rings. The Morgan fingerprint density at radius 1 is 1.17 bits per heavy atom. The zero-order valence-electron chi connectivity index (χ0n) is 15.4. The van der Waals surface area contributed by atoms with Gasteiger partial charge in [0.25, 0.3) is 5.91 Å². The van der Waals surface area contributed by atoms with Gasteiger partial charge in [-0.05, 0) is 18.2 Å². The van der Waals surface area contributed by atoms with Crippen molar-refractivity contribution in [2.24, 2.45) is 0 Å². The fourth-order valence-corrected chi connectivity index (χ4v) is 4.41. The fraction of sp³-hybridized carbons (Fsp3) is 0.200. The summed E-state index contributed by atoms with van der Waals surface area (Å²) in [7, 11) is 0. The van der Waals surface area contributed by atoms with Crippen molar-refractivity contribution < 1.29 is 27.5 Å². The molecule has 0 radical (unpaired) electrons. The van der Waals surface area contributed by atoms with Crippen LogP contribution in [0, 0.1) is 0 Å². The van der Waals surface area contributed by atoms with Crippen LogP contribution >= 0.6 is 11.8 Å². The van der Waals surface area contributed by atoms with E-state index in [9.17, 15) is 22.8 Å². The van der Waals surface area contributed by atoms with Gasteiger partial charge in [0.2, 0.25) is 5.91 Å². The van der Waals surface area contributed by atoms with E-state index in [1.54, 1.807) is 6.20 Å². The lowest BCUT2D eigenvalue weighted by Gasteiger charge is -2.23. The van der Waals surface area contributed by atoms with Crippen LogP contribution in [0.4, 0.5) is 18.9 Å². The van der Waals surface area contributed by atoms with Crippen LogP contribution in [0.3, 0.4) is 0 Å². The van der Waals surface area contributed by atoms with Crippen molar-refractivity contribution in [1.82, 2.24) is 9.88 Å². The lowest BCUT2D eigenvalue weighted by Crippen LogP contribution is -2.44. The molecule has 1 saturated heterocycles. The van der Waals surface area contributed by atoms with Gasteiger partial charge in [-0.15, -0.1) is 24.9 Å². The summed E-state index contributed by atoms with van der Waals surface area (Å²) in [5, 5.41) is 3.34. The van der Waals surface area contributed by atoms with Crippen LogP contribution in [0.15, 0.2) is 54.7 Å². The molecule has 1 atom stereocenters. The Hall–Kier alpha value is -3.14. The minimum absolute atomic E-state index is 0.151. The highest BCUT2D eigenvalue weighted by Gasteiger charge is 2.36. The molecule has 2 amide bonds. The zero-order chi connectivity index (χ0) is 21.3. The number of amides is 2. The molecular formula is C20H16F3N3O3S. The van der Waals surface area contributed by atoms with Gasteiger partial charge in [-0.1, -0.05) is 24.3 Å². The summed E-state index contributed by atoms with van der Waals surface area (Å²) in [5.41, 5.74) is 1.43. The van der Waals surface area contributed by atoms with Gasteiger partial charge in [-0.25, -0.2) is 0 Å². The van der Waals surface area contributed by atoms with E-state index in [1.807, 2.05) is 24.3 Å². The van der Waals surface area contributed by atoms with Crippen molar-refractivity contribution in [2.75, 3.05) is 16.9 Å². The van der Waals surface area contributed by atoms with Crippen LogP contribution < -0.4 is 10.1 Å². The number of benzene rings is 2. The third kappa shape index (κ3) is 4.23. The van der Waals surface area contributed by atoms with Crippen molar-refractivity contribution in [3.8, 4) is 5.75 Å². The van der Waals surface area contributed by atoms with Crippen LogP contribution in [0.1, 0.15) is 10.4 Å². The molecular weight excluding hydrogens is 419 g/mol. The number of nitrogens with one attached hydrogen (secondary N) is 2. The molecule has 3 aromatic rings. The molecule has 156 valence electrons. The third-order valence-electron chi connectivity index (χ3n) is 4.60. The third-order valence-corrected chi connectivity index (χ3v) is 5.61. The number of hydrogen-bond donors (Lipinski definition) is 2. The number of anilines is 1. The molecule has 1 aliphatic rings. The van der Waals surface area contributed by atoms with Gasteiger partial charge >= 0.3 is 6.36 Å². The molecule has 30 heavy (non-hydrogen) atoms. The van der Waals surface area contributed by atoms with Crippen LogP contribution in [0.2, 0.25) is 0 Å². The average Bonchev–Trinajstić information content (AvgIpc) is 3.34. The second kappa shape index (κ2) is 7.94. The van der Waals surface area contributed by atoms with E-state index in [-0.39, 0.29) is 11.6 Å². The summed E-state index contributed by atoms with van der Waals surface area (Å²) in [6, 6.07) is 11.6. The monoisotopic (exact) mass is 435 g/mol. The highest BCUT2D eigenvalue weighted by atomic mass is 32.2. The largest absolute Gasteiger partial charge is 0.573 e. The average molecular weight is 435 g/mol. The summed E-state index contributed by atoms with van der Waals surface area (Å²) >= 11 is 1.43. The van der Waals surface area contributed by atoms with Crippen LogP contribution in [0.25, 0.3) is 10.9 Å². The molecule has 0 spiro atoms. The van der Waals surface area contributed by atoms with Gasteiger partial charge in [0.1, 0.15) is 11.8 Å². The van der Waals surface area contributed by atoms with Crippen molar-refractivity contribution in [1.29, 1.82) is 0 Å². The van der Waals surface area contributed by atoms with E-state index < -0.39 is 24.1 Å². The topological polar surface area (TPSA) is 74.4 Å². The maximum atomic E-state index is 13.1. The Kier molecular flexibility index (Phi) is 5.33. The standard InChI is InChI=1S/C20H16F3N3O3S/c21-20(22,23)29-13-5-3-4-12(8-13)25-18(27)17-10-30-11-26(17)19(28)15-9-24-16-7-2-1-6-14(15)16/h1-9,17,24H,10-11H2,(H,25,27)/t17-/m0/s1. The second-order valence-electron chi connectivity index (χ2n) is 6.60. The Morgan fingerprint density at radius 2 is 1.97 bits per heavy atom. The van der Waals surface area contributed by atoms with Crippen LogP contribution in [-0.4, -0.2) is 45.7 Å². The molecule has 6 nitrogen and oxygen atoms in total. The van der Waals surface area contributed by atoms with E-state index in [2.05, 4.69) is 15.0 Å². The van der Waals surface area contributed by atoms with Gasteiger partial charge < -0.3 is 19.9 Å². The number of fused-ring (bicyclic) bond motifs is 1. The van der Waals surface area contributed by atoms with E-state index in [0.29, 0.717) is 17.2 Å². The number of aromatic nitrogens is 1. The lowest BCUT2D eigenvalue weighted by atomic mass is 10.1. The van der Waals surface area contributed by atoms with E-state index in [1.165, 1.54) is 28.8 Å². The molecule has 4 rings (SSSR count). The summed E-state index contributed by atoms with van der Waals surface area (Å²) in [4.78, 5) is 30.3. The number of aromatic amines is 1. The number of nitrogens with zero attached hydrogens (tertiary/aromatic N) is 1. The lowest BCUT2D eigenvalue weighted by molar-refractivity contribution is -0.274. The molecule has 10 heteroatoms. The number of H-pyrrole nitrogens is 1. The molecule has 0 saturated carbocycles. The maximum absolute atomic E-state index is 13.1. The number of thioether (sulfide) groups is 1. The van der Waals surface area contributed by atoms with E-state index in [4.69, 9.17) is 0 Å². The number of hydrogen-bond acceptors (Lipinski definition) is 4. The molecule has 2 heterocycles. The SMILES string of the molecule is O=C(Nc1cccc(OC(F)(F)F)c1)[C@@H]1CSCN1C(=O)c1c[nH]c2ccccc12. The van der Waals surface area contributed by atoms with Gasteiger partial charge in [-0.2, -0.15) is 0 Å². The van der Waals surface area contributed by atoms with Crippen molar-refractivity contribution in [2.45, 2.75) is 12.4 Å². The quantitative estimate of drug-likeness (QED) is 0.644. The number of ether oxygens (including phenoxy) is 1. The zero-order valence-corrected chi connectivity index (χ0v) is 16.2. The molecule has 0 unspecified atom stereocenters. The van der Waals surface area contributed by atoms with E-state index >= 15 is 0 Å². The molecule has 2 N–H and O–H groups in total. The van der Waals surface area contributed by atoms with Gasteiger partial charge in [0.05, 0.1) is 11.4 Å². The highest BCUT2D eigenvalue weighted by molar-refractivity contribution is 7.99. The van der Waals surface area contributed by atoms with Gasteiger partial charge in [0.15, 0.2) is 0 Å². The number of rotatable bonds is 4. The molecule has 0 bridgehead atoms. The summed E-state index contributed by atoms with van der Waals surface area (Å²) in [6.45, 7) is 0. The summed E-state index contributed by atoms with van der Waals surface area (Å²) < 4.78 is 41.1. The Morgan fingerprint density at radius 3 is 2.77 bits per heavy atom. The summed E-state index contributed by atoms with van der Waals surface area (Å²) in [5.74, 6) is -0.469. The highest BCUT2D eigenvalue weighted by Crippen LogP contribution is 2.28. The first-order valence-corrected chi connectivity index (χ1v) is 10.1. The number of alkyl halides is 3.